The summed E-state index contributed by atoms with van der Waals surface area (Å²) in [4.78, 5) is 1.94. The van der Waals surface area contributed by atoms with Crippen LogP contribution in [-0.2, 0) is 6.18 Å². The molecule has 1 aromatic carbocycles. The molecule has 6 heteroatoms. The van der Waals surface area contributed by atoms with Crippen molar-refractivity contribution in [1.82, 2.24) is 5.32 Å². The van der Waals surface area contributed by atoms with Gasteiger partial charge in [-0.1, -0.05) is 0 Å². The lowest BCUT2D eigenvalue weighted by atomic mass is 10.1. The molecule has 0 aromatic heterocycles. The Balaban J connectivity index is 1.84. The summed E-state index contributed by atoms with van der Waals surface area (Å²) < 4.78 is 51.8. The molecule has 1 saturated carbocycles. The fraction of sp³-hybridized carbons (Fsp3) is 0.600. The fourth-order valence-electron chi connectivity index (χ4n) is 2.93. The van der Waals surface area contributed by atoms with Crippen LogP contribution < -0.4 is 10.2 Å². The van der Waals surface area contributed by atoms with E-state index in [2.05, 4.69) is 5.32 Å². The highest BCUT2D eigenvalue weighted by Crippen LogP contribution is 2.36. The molecule has 21 heavy (non-hydrogen) atoms. The first-order chi connectivity index (χ1) is 9.95. The Hall–Kier alpha value is -1.30. The Morgan fingerprint density at radius 2 is 1.95 bits per heavy atom. The lowest BCUT2D eigenvalue weighted by molar-refractivity contribution is -0.139. The molecule has 1 aromatic rings. The van der Waals surface area contributed by atoms with E-state index in [1.54, 1.807) is 0 Å². The van der Waals surface area contributed by atoms with Crippen molar-refractivity contribution < 1.29 is 17.6 Å². The topological polar surface area (TPSA) is 15.3 Å². The molecule has 2 fully saturated rings. The van der Waals surface area contributed by atoms with Crippen molar-refractivity contribution in [3.63, 3.8) is 0 Å². The Kier molecular flexibility index (Phi) is 3.82. The number of alkyl halides is 3. The molecule has 1 aliphatic carbocycles. The van der Waals surface area contributed by atoms with Gasteiger partial charge in [0.1, 0.15) is 5.82 Å². The van der Waals surface area contributed by atoms with Gasteiger partial charge in [-0.05, 0) is 49.9 Å². The number of rotatable bonds is 2. The van der Waals surface area contributed by atoms with Gasteiger partial charge in [0.05, 0.1) is 5.56 Å². The van der Waals surface area contributed by atoms with E-state index in [4.69, 9.17) is 0 Å². The number of anilines is 1. The number of hydrogen-bond acceptors (Lipinski definition) is 2. The Bertz CT molecular complexity index is 511. The zero-order valence-electron chi connectivity index (χ0n) is 11.6. The third-order valence-electron chi connectivity index (χ3n) is 4.24. The van der Waals surface area contributed by atoms with Crippen molar-refractivity contribution in [1.29, 1.82) is 0 Å². The van der Waals surface area contributed by atoms with Crippen molar-refractivity contribution in [3.05, 3.63) is 29.6 Å². The van der Waals surface area contributed by atoms with Gasteiger partial charge < -0.3 is 10.2 Å². The molecular weight excluding hydrogens is 284 g/mol. The minimum Gasteiger partial charge on any atom is -0.370 e. The molecule has 1 heterocycles. The maximum Gasteiger partial charge on any atom is 0.419 e. The molecule has 1 saturated heterocycles. The van der Waals surface area contributed by atoms with Gasteiger partial charge in [-0.25, -0.2) is 4.39 Å². The molecule has 2 nitrogen and oxygen atoms in total. The predicted molar refractivity (Wildman–Crippen MR) is 72.7 cm³/mol. The van der Waals surface area contributed by atoms with Crippen LogP contribution in [0.1, 0.15) is 24.8 Å². The largest absolute Gasteiger partial charge is 0.419 e. The summed E-state index contributed by atoms with van der Waals surface area (Å²) in [5, 5.41) is 3.46. The van der Waals surface area contributed by atoms with Gasteiger partial charge in [-0.2, -0.15) is 13.2 Å². The zero-order chi connectivity index (χ0) is 15.0. The number of nitrogens with one attached hydrogen (secondary N) is 1. The van der Waals surface area contributed by atoms with E-state index in [0.29, 0.717) is 30.7 Å². The van der Waals surface area contributed by atoms with E-state index in [1.165, 1.54) is 18.9 Å². The minimum absolute atomic E-state index is 0.326. The van der Waals surface area contributed by atoms with Gasteiger partial charge in [0.25, 0.3) is 0 Å². The normalized spacial score (nSPS) is 24.0. The van der Waals surface area contributed by atoms with Gasteiger partial charge in [-0.3, -0.25) is 0 Å². The van der Waals surface area contributed by atoms with E-state index in [9.17, 15) is 17.6 Å². The van der Waals surface area contributed by atoms with Gasteiger partial charge >= 0.3 is 6.18 Å². The maximum atomic E-state index is 13.4. The highest BCUT2D eigenvalue weighted by atomic mass is 19.4. The summed E-state index contributed by atoms with van der Waals surface area (Å²) in [6, 6.07) is 3.62. The SMILES string of the molecule is Fc1ccc(N2CCCNC(C3CC3)C2)cc1C(F)(F)F. The first kappa shape index (κ1) is 14.6. The van der Waals surface area contributed by atoms with Crippen molar-refractivity contribution in [2.24, 2.45) is 5.92 Å². The van der Waals surface area contributed by atoms with Crippen molar-refractivity contribution >= 4 is 5.69 Å². The highest BCUT2D eigenvalue weighted by Gasteiger charge is 2.36. The average molecular weight is 302 g/mol. The molecule has 0 amide bonds. The quantitative estimate of drug-likeness (QED) is 0.842. The molecule has 0 spiro atoms. The van der Waals surface area contributed by atoms with Crippen LogP contribution in [0.15, 0.2) is 18.2 Å². The lowest BCUT2D eigenvalue weighted by Crippen LogP contribution is -2.39. The molecule has 1 aliphatic heterocycles. The third kappa shape index (κ3) is 3.31. The van der Waals surface area contributed by atoms with Crippen molar-refractivity contribution in [3.8, 4) is 0 Å². The van der Waals surface area contributed by atoms with Crippen LogP contribution in [0.5, 0.6) is 0 Å². The van der Waals surface area contributed by atoms with E-state index in [0.717, 1.165) is 25.1 Å². The Morgan fingerprint density at radius 3 is 2.62 bits per heavy atom. The monoisotopic (exact) mass is 302 g/mol. The molecule has 1 atom stereocenters. The molecule has 0 radical (unpaired) electrons. The average Bonchev–Trinajstić information content (AvgIpc) is 3.24. The Morgan fingerprint density at radius 1 is 1.19 bits per heavy atom. The predicted octanol–water partition coefficient (Wildman–Crippen LogP) is 3.42. The number of hydrogen-bond donors (Lipinski definition) is 1. The van der Waals surface area contributed by atoms with Gasteiger partial charge in [-0.15, -0.1) is 0 Å². The highest BCUT2D eigenvalue weighted by molar-refractivity contribution is 5.50. The van der Waals surface area contributed by atoms with E-state index in [1.807, 2.05) is 4.90 Å². The second kappa shape index (κ2) is 5.48. The van der Waals surface area contributed by atoms with Gasteiger partial charge in [0, 0.05) is 24.8 Å². The van der Waals surface area contributed by atoms with Crippen molar-refractivity contribution in [2.75, 3.05) is 24.5 Å². The summed E-state index contributed by atoms with van der Waals surface area (Å²) in [6.45, 7) is 2.26. The summed E-state index contributed by atoms with van der Waals surface area (Å²) in [5.74, 6) is -0.578. The number of nitrogens with zero attached hydrogens (tertiary/aromatic N) is 1. The van der Waals surface area contributed by atoms with Gasteiger partial charge in [0.15, 0.2) is 0 Å². The maximum absolute atomic E-state index is 13.4. The first-order valence-electron chi connectivity index (χ1n) is 7.30. The van der Waals surface area contributed by atoms with Crippen LogP contribution in [0.3, 0.4) is 0 Å². The summed E-state index contributed by atoms with van der Waals surface area (Å²) in [7, 11) is 0. The molecule has 116 valence electrons. The van der Waals surface area contributed by atoms with E-state index >= 15 is 0 Å². The molecular formula is C15H18F4N2. The van der Waals surface area contributed by atoms with E-state index < -0.39 is 17.6 Å². The second-order valence-electron chi connectivity index (χ2n) is 5.86. The fourth-order valence-corrected chi connectivity index (χ4v) is 2.93. The van der Waals surface area contributed by atoms with Crippen LogP contribution in [0, 0.1) is 11.7 Å². The third-order valence-corrected chi connectivity index (χ3v) is 4.24. The van der Waals surface area contributed by atoms with Crippen LogP contribution in [0.25, 0.3) is 0 Å². The summed E-state index contributed by atoms with van der Waals surface area (Å²) >= 11 is 0. The lowest BCUT2D eigenvalue weighted by Gasteiger charge is -2.27. The zero-order valence-corrected chi connectivity index (χ0v) is 11.6. The standard InChI is InChI=1S/C15H18F4N2/c16-13-5-4-11(8-12(13)15(17,18)19)21-7-1-6-20-14(9-21)10-2-3-10/h4-5,8,10,14,20H,1-3,6-7,9H2. The number of benzene rings is 1. The van der Waals surface area contributed by atoms with Crippen LogP contribution in [0.4, 0.5) is 23.2 Å². The van der Waals surface area contributed by atoms with Crippen molar-refractivity contribution in [2.45, 2.75) is 31.5 Å². The minimum atomic E-state index is -4.65. The molecule has 3 rings (SSSR count). The smallest absolute Gasteiger partial charge is 0.370 e. The van der Waals surface area contributed by atoms with Crippen LogP contribution in [0.2, 0.25) is 0 Å². The summed E-state index contributed by atoms with van der Waals surface area (Å²) in [5.41, 5.74) is -0.724. The van der Waals surface area contributed by atoms with E-state index in [-0.39, 0.29) is 0 Å². The molecule has 2 aliphatic rings. The van der Waals surface area contributed by atoms with Crippen LogP contribution >= 0.6 is 0 Å². The number of halogens is 4. The second-order valence-corrected chi connectivity index (χ2v) is 5.86. The van der Waals surface area contributed by atoms with Gasteiger partial charge in [0.2, 0.25) is 0 Å². The molecule has 0 bridgehead atoms. The Labute approximate surface area is 121 Å². The molecule has 1 unspecified atom stereocenters. The molecule has 1 N–H and O–H groups in total. The summed E-state index contributed by atoms with van der Waals surface area (Å²) in [6.07, 6.45) is -1.41. The van der Waals surface area contributed by atoms with Crippen LogP contribution in [-0.4, -0.2) is 25.7 Å². The first-order valence-corrected chi connectivity index (χ1v) is 7.30.